The van der Waals surface area contributed by atoms with Gasteiger partial charge in [0.05, 0.1) is 6.04 Å². The van der Waals surface area contributed by atoms with Crippen LogP contribution in [0.25, 0.3) is 0 Å². The fourth-order valence-electron chi connectivity index (χ4n) is 3.45. The summed E-state index contributed by atoms with van der Waals surface area (Å²) in [7, 11) is 0. The van der Waals surface area contributed by atoms with Crippen LogP contribution in [0.5, 0.6) is 0 Å². The van der Waals surface area contributed by atoms with Gasteiger partial charge >= 0.3 is 0 Å². The van der Waals surface area contributed by atoms with Gasteiger partial charge in [0.2, 0.25) is 5.91 Å². The van der Waals surface area contributed by atoms with E-state index >= 15 is 0 Å². The van der Waals surface area contributed by atoms with Gasteiger partial charge in [0.1, 0.15) is 5.82 Å². The number of amides is 1. The topological polar surface area (TPSA) is 99.5 Å². The number of benzene rings is 1. The lowest BCUT2D eigenvalue weighted by Gasteiger charge is -2.34. The number of hydrogen-bond acceptors (Lipinski definition) is 6. The minimum absolute atomic E-state index is 0.0394. The average Bonchev–Trinajstić information content (AvgIpc) is 2.97. The predicted molar refractivity (Wildman–Crippen MR) is 90.1 cm³/mol. The van der Waals surface area contributed by atoms with E-state index in [0.29, 0.717) is 25.9 Å². The molecule has 0 spiro atoms. The van der Waals surface area contributed by atoms with Crippen LogP contribution in [-0.4, -0.2) is 48.1 Å². The molecule has 0 radical (unpaired) electrons. The van der Waals surface area contributed by atoms with E-state index in [1.807, 2.05) is 6.07 Å². The molecular weight excluding hydrogens is 329 g/mol. The number of carbonyl (C=O) groups is 1. The van der Waals surface area contributed by atoms with Crippen LogP contribution >= 0.6 is 0 Å². The zero-order valence-corrected chi connectivity index (χ0v) is 13.9. The van der Waals surface area contributed by atoms with Gasteiger partial charge < -0.3 is 10.2 Å². The third kappa shape index (κ3) is 3.88. The Balaban J connectivity index is 1.53. The fraction of sp³-hybridized carbons (Fsp3) is 0.562. The van der Waals surface area contributed by atoms with Gasteiger partial charge in [-0.1, -0.05) is 6.07 Å². The van der Waals surface area contributed by atoms with E-state index in [9.17, 15) is 19.3 Å². The van der Waals surface area contributed by atoms with Gasteiger partial charge in [-0.3, -0.25) is 14.9 Å². The second-order valence-corrected chi connectivity index (χ2v) is 6.58. The van der Waals surface area contributed by atoms with Gasteiger partial charge in [-0.15, -0.1) is 0 Å². The quantitative estimate of drug-likeness (QED) is 0.537. The molecule has 2 saturated heterocycles. The Kier molecular flexibility index (Phi) is 5.14. The molecule has 3 atom stereocenters. The lowest BCUT2D eigenvalue weighted by atomic mass is 10.0. The minimum atomic E-state index is -0.993. The van der Waals surface area contributed by atoms with Gasteiger partial charge in [-0.05, 0) is 38.0 Å². The molecule has 1 aromatic rings. The Morgan fingerprint density at radius 1 is 1.36 bits per heavy atom. The summed E-state index contributed by atoms with van der Waals surface area (Å²) >= 11 is 0. The smallest absolute Gasteiger partial charge is 0.254 e. The standard InChI is InChI=1S/C16H22FN5O3/c1-10-15(22(24)25)14(20-19-10)16(23)18-12-5-7-21(8-6-12)13-4-2-3-11(17)9-13/h2-4,9-10,12,14-15,19-20H,5-8H2,1H3,(H,18,23). The maximum atomic E-state index is 13.3. The van der Waals surface area contributed by atoms with Crippen molar-refractivity contribution in [2.45, 2.75) is 43.9 Å². The molecule has 3 rings (SSSR count). The molecule has 0 saturated carbocycles. The van der Waals surface area contributed by atoms with Crippen LogP contribution in [0.4, 0.5) is 10.1 Å². The van der Waals surface area contributed by atoms with Crippen molar-refractivity contribution < 1.29 is 14.1 Å². The van der Waals surface area contributed by atoms with E-state index in [1.54, 1.807) is 13.0 Å². The highest BCUT2D eigenvalue weighted by Crippen LogP contribution is 2.21. The Hall–Kier alpha value is -2.26. The van der Waals surface area contributed by atoms with Crippen LogP contribution in [0.1, 0.15) is 19.8 Å². The SMILES string of the molecule is CC1NNC(C(=O)NC2CCN(c3cccc(F)c3)CC2)C1[N+](=O)[O-]. The molecule has 2 aliphatic heterocycles. The summed E-state index contributed by atoms with van der Waals surface area (Å²) in [5.74, 6) is -0.629. The number of nitrogens with zero attached hydrogens (tertiary/aromatic N) is 2. The summed E-state index contributed by atoms with van der Waals surface area (Å²) in [6.07, 6.45) is 1.42. The van der Waals surface area contributed by atoms with Gasteiger partial charge in [0.25, 0.3) is 6.04 Å². The molecule has 1 amide bonds. The zero-order valence-electron chi connectivity index (χ0n) is 13.9. The Morgan fingerprint density at radius 3 is 2.72 bits per heavy atom. The van der Waals surface area contributed by atoms with Crippen molar-refractivity contribution in [2.24, 2.45) is 0 Å². The number of halogens is 1. The molecule has 3 N–H and O–H groups in total. The Bertz CT molecular complexity index is 650. The summed E-state index contributed by atoms with van der Waals surface area (Å²) in [6.45, 7) is 3.06. The first-order chi connectivity index (χ1) is 12.0. The molecule has 3 unspecified atom stereocenters. The normalized spacial score (nSPS) is 27.3. The van der Waals surface area contributed by atoms with E-state index in [-0.39, 0.29) is 17.8 Å². The van der Waals surface area contributed by atoms with E-state index in [0.717, 1.165) is 5.69 Å². The van der Waals surface area contributed by atoms with Crippen LogP contribution in [-0.2, 0) is 4.79 Å². The predicted octanol–water partition coefficient (Wildman–Crippen LogP) is 0.421. The maximum Gasteiger partial charge on any atom is 0.254 e. The van der Waals surface area contributed by atoms with Crippen molar-refractivity contribution in [3.63, 3.8) is 0 Å². The molecule has 0 bridgehead atoms. The number of rotatable bonds is 4. The maximum absolute atomic E-state index is 13.3. The number of hydrogen-bond donors (Lipinski definition) is 3. The van der Waals surface area contributed by atoms with Gasteiger partial charge in [0.15, 0.2) is 6.04 Å². The van der Waals surface area contributed by atoms with Crippen LogP contribution in [0.15, 0.2) is 24.3 Å². The minimum Gasteiger partial charge on any atom is -0.371 e. The summed E-state index contributed by atoms with van der Waals surface area (Å²) in [6, 6.07) is 4.11. The molecule has 136 valence electrons. The van der Waals surface area contributed by atoms with Crippen molar-refractivity contribution >= 4 is 11.6 Å². The van der Waals surface area contributed by atoms with Crippen molar-refractivity contribution in [3.05, 3.63) is 40.2 Å². The highest BCUT2D eigenvalue weighted by Gasteiger charge is 2.46. The number of anilines is 1. The van der Waals surface area contributed by atoms with Crippen molar-refractivity contribution in [3.8, 4) is 0 Å². The highest BCUT2D eigenvalue weighted by molar-refractivity contribution is 5.83. The molecule has 25 heavy (non-hydrogen) atoms. The molecule has 2 fully saturated rings. The summed E-state index contributed by atoms with van der Waals surface area (Å²) < 4.78 is 13.3. The first-order valence-corrected chi connectivity index (χ1v) is 8.41. The van der Waals surface area contributed by atoms with E-state index in [4.69, 9.17) is 0 Å². The average molecular weight is 351 g/mol. The van der Waals surface area contributed by atoms with E-state index < -0.39 is 23.0 Å². The largest absolute Gasteiger partial charge is 0.371 e. The Morgan fingerprint density at radius 2 is 2.08 bits per heavy atom. The van der Waals surface area contributed by atoms with E-state index in [1.165, 1.54) is 12.1 Å². The number of carbonyl (C=O) groups excluding carboxylic acids is 1. The molecule has 8 nitrogen and oxygen atoms in total. The second kappa shape index (κ2) is 7.32. The molecular formula is C16H22FN5O3. The monoisotopic (exact) mass is 351 g/mol. The lowest BCUT2D eigenvalue weighted by Crippen LogP contribution is -2.54. The van der Waals surface area contributed by atoms with Crippen LogP contribution in [0.2, 0.25) is 0 Å². The van der Waals surface area contributed by atoms with E-state index in [2.05, 4.69) is 21.1 Å². The number of nitrogens with one attached hydrogen (secondary N) is 3. The first-order valence-electron chi connectivity index (χ1n) is 8.41. The van der Waals surface area contributed by atoms with Gasteiger partial charge in [0, 0.05) is 29.7 Å². The molecule has 0 aromatic heterocycles. The summed E-state index contributed by atoms with van der Waals surface area (Å²) in [5.41, 5.74) is 6.30. The summed E-state index contributed by atoms with van der Waals surface area (Å²) in [4.78, 5) is 25.2. The molecule has 2 heterocycles. The second-order valence-electron chi connectivity index (χ2n) is 6.58. The van der Waals surface area contributed by atoms with Crippen molar-refractivity contribution in [2.75, 3.05) is 18.0 Å². The van der Waals surface area contributed by atoms with Crippen LogP contribution in [0, 0.1) is 15.9 Å². The first kappa shape index (κ1) is 17.6. The molecule has 1 aromatic carbocycles. The third-order valence-corrected chi connectivity index (χ3v) is 4.86. The van der Waals surface area contributed by atoms with Crippen molar-refractivity contribution in [1.82, 2.24) is 16.2 Å². The highest BCUT2D eigenvalue weighted by atomic mass is 19.1. The fourth-order valence-corrected chi connectivity index (χ4v) is 3.45. The lowest BCUT2D eigenvalue weighted by molar-refractivity contribution is -0.523. The van der Waals surface area contributed by atoms with Gasteiger partial charge in [-0.2, -0.15) is 0 Å². The van der Waals surface area contributed by atoms with Crippen LogP contribution in [0.3, 0.4) is 0 Å². The van der Waals surface area contributed by atoms with Crippen LogP contribution < -0.4 is 21.1 Å². The molecule has 2 aliphatic rings. The number of nitro groups is 1. The number of hydrazine groups is 1. The molecule has 9 heteroatoms. The van der Waals surface area contributed by atoms with Gasteiger partial charge in [-0.25, -0.2) is 15.2 Å². The summed E-state index contributed by atoms with van der Waals surface area (Å²) in [5, 5.41) is 14.1. The third-order valence-electron chi connectivity index (χ3n) is 4.86. The molecule has 0 aliphatic carbocycles. The zero-order chi connectivity index (χ0) is 18.0. The van der Waals surface area contributed by atoms with Crippen molar-refractivity contribution in [1.29, 1.82) is 0 Å². The Labute approximate surface area is 144 Å². The number of piperidine rings is 1.